The molecular weight excluding hydrogens is 356 g/mol. The highest BCUT2D eigenvalue weighted by Crippen LogP contribution is 2.27. The van der Waals surface area contributed by atoms with Crippen LogP contribution < -0.4 is 20.1 Å². The number of hydrogen-bond donors (Lipinski definition) is 2. The minimum absolute atomic E-state index is 0.285. The number of amides is 1. The Morgan fingerprint density at radius 3 is 2.57 bits per heavy atom. The summed E-state index contributed by atoms with van der Waals surface area (Å²) in [5.41, 5.74) is 2.99. The van der Waals surface area contributed by atoms with Gasteiger partial charge in [-0.3, -0.25) is 4.79 Å². The lowest BCUT2D eigenvalue weighted by Crippen LogP contribution is -2.16. The van der Waals surface area contributed by atoms with Crippen molar-refractivity contribution in [2.45, 2.75) is 13.5 Å². The summed E-state index contributed by atoms with van der Waals surface area (Å²) in [6.45, 7) is 2.41. The average molecular weight is 378 g/mol. The molecule has 0 spiro atoms. The van der Waals surface area contributed by atoms with Gasteiger partial charge in [0.05, 0.1) is 14.2 Å². The fourth-order valence-electron chi connectivity index (χ4n) is 2.64. The molecule has 1 heterocycles. The maximum Gasteiger partial charge on any atom is 0.274 e. The minimum Gasteiger partial charge on any atom is -0.493 e. The molecule has 0 radical (unpaired) electrons. The fourth-order valence-corrected chi connectivity index (χ4v) is 2.64. The molecule has 1 aromatic heterocycles. The molecule has 0 bridgehead atoms. The molecule has 0 aliphatic heterocycles. The molecular formula is C21H22N4O3. The van der Waals surface area contributed by atoms with E-state index in [-0.39, 0.29) is 11.6 Å². The number of methoxy groups -OCH3 is 2. The molecule has 2 N–H and O–H groups in total. The zero-order chi connectivity index (χ0) is 19.9. The first kappa shape index (κ1) is 19.2. The van der Waals surface area contributed by atoms with E-state index >= 15 is 0 Å². The van der Waals surface area contributed by atoms with Crippen LogP contribution in [0.25, 0.3) is 0 Å². The van der Waals surface area contributed by atoms with Crippen LogP contribution in [0.2, 0.25) is 0 Å². The summed E-state index contributed by atoms with van der Waals surface area (Å²) in [6, 6.07) is 14.8. The minimum atomic E-state index is -0.286. The molecule has 0 saturated heterocycles. The van der Waals surface area contributed by atoms with Gasteiger partial charge in [-0.2, -0.15) is 0 Å². The molecule has 0 aliphatic carbocycles. The Kier molecular flexibility index (Phi) is 6.06. The van der Waals surface area contributed by atoms with E-state index in [1.807, 2.05) is 49.4 Å². The third-order valence-electron chi connectivity index (χ3n) is 4.18. The van der Waals surface area contributed by atoms with Crippen molar-refractivity contribution < 1.29 is 14.3 Å². The molecule has 3 rings (SSSR count). The topological polar surface area (TPSA) is 85.4 Å². The van der Waals surface area contributed by atoms with Gasteiger partial charge >= 0.3 is 0 Å². The normalized spacial score (nSPS) is 10.2. The van der Waals surface area contributed by atoms with Gasteiger partial charge in [0, 0.05) is 18.4 Å². The van der Waals surface area contributed by atoms with Crippen LogP contribution in [0.3, 0.4) is 0 Å². The van der Waals surface area contributed by atoms with Crippen molar-refractivity contribution in [1.29, 1.82) is 0 Å². The number of anilines is 2. The number of nitrogens with one attached hydrogen (secondary N) is 2. The number of benzene rings is 2. The van der Waals surface area contributed by atoms with Gasteiger partial charge < -0.3 is 20.1 Å². The second kappa shape index (κ2) is 8.85. The number of rotatable bonds is 7. The second-order valence-corrected chi connectivity index (χ2v) is 6.08. The maximum atomic E-state index is 12.5. The van der Waals surface area contributed by atoms with E-state index < -0.39 is 0 Å². The molecule has 7 heteroatoms. The predicted octanol–water partition coefficient (Wildman–Crippen LogP) is 3.67. The summed E-state index contributed by atoms with van der Waals surface area (Å²) >= 11 is 0. The highest BCUT2D eigenvalue weighted by Gasteiger charge is 2.11. The number of para-hydroxylation sites is 1. The van der Waals surface area contributed by atoms with Crippen molar-refractivity contribution in [3.05, 3.63) is 71.5 Å². The van der Waals surface area contributed by atoms with Crippen molar-refractivity contribution in [3.63, 3.8) is 0 Å². The lowest BCUT2D eigenvalue weighted by Gasteiger charge is -2.11. The Morgan fingerprint density at radius 2 is 1.82 bits per heavy atom. The van der Waals surface area contributed by atoms with Gasteiger partial charge in [0.1, 0.15) is 5.69 Å². The van der Waals surface area contributed by atoms with E-state index in [2.05, 4.69) is 20.6 Å². The van der Waals surface area contributed by atoms with Crippen LogP contribution in [-0.2, 0) is 6.54 Å². The van der Waals surface area contributed by atoms with E-state index in [0.717, 1.165) is 16.8 Å². The number of ether oxygens (including phenoxy) is 2. The van der Waals surface area contributed by atoms with Crippen molar-refractivity contribution in [2.75, 3.05) is 24.9 Å². The third kappa shape index (κ3) is 4.56. The first-order chi connectivity index (χ1) is 13.6. The van der Waals surface area contributed by atoms with Gasteiger partial charge in [0.25, 0.3) is 5.91 Å². The summed E-state index contributed by atoms with van der Waals surface area (Å²) in [4.78, 5) is 21.0. The standard InChI is InChI=1S/C21H22N4O3/c1-14-6-4-5-7-16(14)24-20(26)17-10-11-22-21(25-17)23-13-15-8-9-18(27-2)19(12-15)28-3/h4-12H,13H2,1-3H3,(H,24,26)(H,22,23,25). The van der Waals surface area contributed by atoms with Crippen LogP contribution in [0, 0.1) is 6.92 Å². The Bertz CT molecular complexity index is 975. The number of carbonyl (C=O) groups is 1. The van der Waals surface area contributed by atoms with Gasteiger partial charge in [-0.25, -0.2) is 9.97 Å². The van der Waals surface area contributed by atoms with Crippen molar-refractivity contribution >= 4 is 17.5 Å². The third-order valence-corrected chi connectivity index (χ3v) is 4.18. The molecule has 0 aliphatic rings. The van der Waals surface area contributed by atoms with Crippen molar-refractivity contribution in [2.24, 2.45) is 0 Å². The van der Waals surface area contributed by atoms with E-state index in [9.17, 15) is 4.79 Å². The lowest BCUT2D eigenvalue weighted by molar-refractivity contribution is 0.102. The molecule has 28 heavy (non-hydrogen) atoms. The van der Waals surface area contributed by atoms with E-state index in [0.29, 0.717) is 24.0 Å². The van der Waals surface area contributed by atoms with Gasteiger partial charge in [0.15, 0.2) is 11.5 Å². The Morgan fingerprint density at radius 1 is 1.04 bits per heavy atom. The summed E-state index contributed by atoms with van der Waals surface area (Å²) in [6.07, 6.45) is 1.55. The Balaban J connectivity index is 1.68. The quantitative estimate of drug-likeness (QED) is 0.653. The number of aromatic nitrogens is 2. The van der Waals surface area contributed by atoms with Crippen LogP contribution in [0.1, 0.15) is 21.6 Å². The molecule has 2 aromatic carbocycles. The molecule has 144 valence electrons. The maximum absolute atomic E-state index is 12.5. The zero-order valence-electron chi connectivity index (χ0n) is 16.0. The monoisotopic (exact) mass is 378 g/mol. The summed E-state index contributed by atoms with van der Waals surface area (Å²) < 4.78 is 10.5. The van der Waals surface area contributed by atoms with Crippen LogP contribution in [0.15, 0.2) is 54.7 Å². The van der Waals surface area contributed by atoms with Crippen LogP contribution >= 0.6 is 0 Å². The summed E-state index contributed by atoms with van der Waals surface area (Å²) in [7, 11) is 3.19. The van der Waals surface area contributed by atoms with Crippen molar-refractivity contribution in [3.8, 4) is 11.5 Å². The largest absolute Gasteiger partial charge is 0.493 e. The molecule has 0 saturated carbocycles. The molecule has 0 fully saturated rings. The summed E-state index contributed by atoms with van der Waals surface area (Å²) in [5, 5.41) is 5.99. The van der Waals surface area contributed by atoms with Crippen LogP contribution in [0.5, 0.6) is 11.5 Å². The molecule has 1 amide bonds. The van der Waals surface area contributed by atoms with Crippen LogP contribution in [0.4, 0.5) is 11.6 Å². The Hall–Kier alpha value is -3.61. The smallest absolute Gasteiger partial charge is 0.274 e. The van der Waals surface area contributed by atoms with Crippen molar-refractivity contribution in [1.82, 2.24) is 9.97 Å². The fraction of sp³-hybridized carbons (Fsp3) is 0.190. The van der Waals surface area contributed by atoms with E-state index in [1.54, 1.807) is 26.5 Å². The second-order valence-electron chi connectivity index (χ2n) is 6.08. The number of nitrogens with zero attached hydrogens (tertiary/aromatic N) is 2. The van der Waals surface area contributed by atoms with Gasteiger partial charge in [0.2, 0.25) is 5.95 Å². The van der Waals surface area contributed by atoms with Crippen LogP contribution in [-0.4, -0.2) is 30.1 Å². The molecule has 7 nitrogen and oxygen atoms in total. The van der Waals surface area contributed by atoms with E-state index in [1.165, 1.54) is 0 Å². The highest BCUT2D eigenvalue weighted by molar-refractivity contribution is 6.03. The zero-order valence-corrected chi connectivity index (χ0v) is 16.0. The highest BCUT2D eigenvalue weighted by atomic mass is 16.5. The number of hydrogen-bond acceptors (Lipinski definition) is 6. The van der Waals surface area contributed by atoms with Gasteiger partial charge in [-0.15, -0.1) is 0 Å². The summed E-state index contributed by atoms with van der Waals surface area (Å²) in [5.74, 6) is 1.39. The SMILES string of the molecule is COc1ccc(CNc2nccc(C(=O)Nc3ccccc3C)n2)cc1OC. The molecule has 0 unspecified atom stereocenters. The molecule has 0 atom stereocenters. The van der Waals surface area contributed by atoms with Gasteiger partial charge in [-0.05, 0) is 42.3 Å². The number of aryl methyl sites for hydroxylation is 1. The first-order valence-electron chi connectivity index (χ1n) is 8.75. The van der Waals surface area contributed by atoms with Gasteiger partial charge in [-0.1, -0.05) is 24.3 Å². The number of carbonyl (C=O) groups excluding carboxylic acids is 1. The first-order valence-corrected chi connectivity index (χ1v) is 8.75. The van der Waals surface area contributed by atoms with E-state index in [4.69, 9.17) is 9.47 Å². The average Bonchev–Trinajstić information content (AvgIpc) is 2.73. The lowest BCUT2D eigenvalue weighted by atomic mass is 10.2. The Labute approximate surface area is 163 Å². The predicted molar refractivity (Wildman–Crippen MR) is 108 cm³/mol. The molecule has 3 aromatic rings.